The first-order chi connectivity index (χ1) is 7.60. The van der Waals surface area contributed by atoms with Crippen LogP contribution in [0.25, 0.3) is 0 Å². The van der Waals surface area contributed by atoms with Gasteiger partial charge in [0, 0.05) is 19.6 Å². The standard InChI is InChI=1S/C10H16N4O2/c1-7-10(15,4-5-16-7)6-12-9-3-2-8(11)13-14-9/h2-3,7,15H,4-6H2,1H3,(H2,11,13)(H,12,14). The Morgan fingerprint density at radius 3 is 3.00 bits per heavy atom. The van der Waals surface area contributed by atoms with Crippen LogP contribution in [0.15, 0.2) is 12.1 Å². The largest absolute Gasteiger partial charge is 0.385 e. The zero-order chi connectivity index (χ0) is 11.6. The fourth-order valence-corrected chi connectivity index (χ4v) is 1.68. The van der Waals surface area contributed by atoms with Gasteiger partial charge in [-0.3, -0.25) is 0 Å². The van der Waals surface area contributed by atoms with E-state index in [4.69, 9.17) is 10.5 Å². The molecule has 0 spiro atoms. The second-order valence-corrected chi connectivity index (χ2v) is 4.06. The molecule has 2 atom stereocenters. The summed E-state index contributed by atoms with van der Waals surface area (Å²) in [6, 6.07) is 3.39. The van der Waals surface area contributed by atoms with Gasteiger partial charge in [-0.2, -0.15) is 0 Å². The molecular formula is C10H16N4O2. The van der Waals surface area contributed by atoms with Gasteiger partial charge < -0.3 is 20.9 Å². The molecule has 0 amide bonds. The topological polar surface area (TPSA) is 93.3 Å². The van der Waals surface area contributed by atoms with E-state index in [1.807, 2.05) is 6.92 Å². The molecule has 1 aliphatic rings. The highest BCUT2D eigenvalue weighted by Gasteiger charge is 2.39. The molecule has 0 bridgehead atoms. The van der Waals surface area contributed by atoms with Crippen LogP contribution in [-0.2, 0) is 4.74 Å². The van der Waals surface area contributed by atoms with E-state index in [1.165, 1.54) is 0 Å². The van der Waals surface area contributed by atoms with Crippen molar-refractivity contribution in [3.05, 3.63) is 12.1 Å². The smallest absolute Gasteiger partial charge is 0.148 e. The number of anilines is 2. The molecule has 2 heterocycles. The zero-order valence-electron chi connectivity index (χ0n) is 9.18. The summed E-state index contributed by atoms with van der Waals surface area (Å²) in [4.78, 5) is 0. The summed E-state index contributed by atoms with van der Waals surface area (Å²) in [7, 11) is 0. The van der Waals surface area contributed by atoms with Crippen molar-refractivity contribution in [1.29, 1.82) is 0 Å². The molecule has 2 rings (SSSR count). The molecule has 16 heavy (non-hydrogen) atoms. The molecule has 88 valence electrons. The Bertz CT molecular complexity index is 356. The highest BCUT2D eigenvalue weighted by molar-refractivity contribution is 5.38. The minimum atomic E-state index is -0.830. The number of hydrogen-bond acceptors (Lipinski definition) is 6. The lowest BCUT2D eigenvalue weighted by Crippen LogP contribution is -2.43. The highest BCUT2D eigenvalue weighted by Crippen LogP contribution is 2.25. The molecular weight excluding hydrogens is 208 g/mol. The van der Waals surface area contributed by atoms with Crippen molar-refractivity contribution >= 4 is 11.6 Å². The van der Waals surface area contributed by atoms with Crippen LogP contribution in [0.3, 0.4) is 0 Å². The SMILES string of the molecule is CC1OCCC1(O)CNc1ccc(N)nn1. The number of rotatable bonds is 3. The number of aromatic nitrogens is 2. The maximum atomic E-state index is 10.2. The van der Waals surface area contributed by atoms with Crippen LogP contribution in [0.4, 0.5) is 11.6 Å². The van der Waals surface area contributed by atoms with E-state index in [9.17, 15) is 5.11 Å². The maximum absolute atomic E-state index is 10.2. The average Bonchev–Trinajstić information content (AvgIpc) is 2.59. The maximum Gasteiger partial charge on any atom is 0.148 e. The van der Waals surface area contributed by atoms with Gasteiger partial charge in [-0.05, 0) is 19.1 Å². The number of nitrogen functional groups attached to an aromatic ring is 1. The molecule has 6 nitrogen and oxygen atoms in total. The number of hydrogen-bond donors (Lipinski definition) is 3. The van der Waals surface area contributed by atoms with Crippen molar-refractivity contribution in [2.24, 2.45) is 0 Å². The van der Waals surface area contributed by atoms with Gasteiger partial charge in [-0.25, -0.2) is 0 Å². The van der Waals surface area contributed by atoms with Crippen LogP contribution >= 0.6 is 0 Å². The quantitative estimate of drug-likeness (QED) is 0.669. The molecule has 2 unspecified atom stereocenters. The summed E-state index contributed by atoms with van der Waals surface area (Å²) in [6.45, 7) is 2.85. The van der Waals surface area contributed by atoms with Gasteiger partial charge in [-0.15, -0.1) is 10.2 Å². The zero-order valence-corrected chi connectivity index (χ0v) is 9.18. The Kier molecular flexibility index (Phi) is 2.93. The summed E-state index contributed by atoms with van der Waals surface area (Å²) >= 11 is 0. The van der Waals surface area contributed by atoms with E-state index in [2.05, 4.69) is 15.5 Å². The lowest BCUT2D eigenvalue weighted by Gasteiger charge is -2.26. The number of nitrogens with one attached hydrogen (secondary N) is 1. The normalized spacial score (nSPS) is 29.2. The molecule has 4 N–H and O–H groups in total. The van der Waals surface area contributed by atoms with Crippen LogP contribution in [-0.4, -0.2) is 40.2 Å². The summed E-state index contributed by atoms with van der Waals surface area (Å²) in [6.07, 6.45) is 0.463. The van der Waals surface area contributed by atoms with E-state index in [0.29, 0.717) is 31.2 Å². The van der Waals surface area contributed by atoms with Crippen molar-refractivity contribution in [1.82, 2.24) is 10.2 Å². The third kappa shape index (κ3) is 2.23. The number of aliphatic hydroxyl groups is 1. The van der Waals surface area contributed by atoms with Crippen LogP contribution < -0.4 is 11.1 Å². The Labute approximate surface area is 93.8 Å². The van der Waals surface area contributed by atoms with Gasteiger partial charge in [-0.1, -0.05) is 0 Å². The minimum Gasteiger partial charge on any atom is -0.385 e. The van der Waals surface area contributed by atoms with Crippen molar-refractivity contribution in [3.63, 3.8) is 0 Å². The Morgan fingerprint density at radius 2 is 2.44 bits per heavy atom. The average molecular weight is 224 g/mol. The van der Waals surface area contributed by atoms with Crippen LogP contribution in [0.1, 0.15) is 13.3 Å². The summed E-state index contributed by atoms with van der Waals surface area (Å²) in [5, 5.41) is 20.8. The fraction of sp³-hybridized carbons (Fsp3) is 0.600. The van der Waals surface area contributed by atoms with Crippen LogP contribution in [0.2, 0.25) is 0 Å². The Morgan fingerprint density at radius 1 is 1.62 bits per heavy atom. The van der Waals surface area contributed by atoms with Crippen molar-refractivity contribution in [3.8, 4) is 0 Å². The first kappa shape index (κ1) is 11.1. The number of nitrogens with two attached hydrogens (primary N) is 1. The summed E-state index contributed by atoms with van der Waals surface area (Å²) in [5.74, 6) is 0.976. The monoisotopic (exact) mass is 224 g/mol. The third-order valence-electron chi connectivity index (χ3n) is 2.92. The van der Waals surface area contributed by atoms with Gasteiger partial charge >= 0.3 is 0 Å². The minimum absolute atomic E-state index is 0.165. The van der Waals surface area contributed by atoms with Gasteiger partial charge in [0.1, 0.15) is 17.2 Å². The Balaban J connectivity index is 1.94. The first-order valence-electron chi connectivity index (χ1n) is 5.27. The molecule has 0 aromatic carbocycles. The molecule has 1 aromatic rings. The molecule has 1 saturated heterocycles. The van der Waals surface area contributed by atoms with E-state index < -0.39 is 5.60 Å². The van der Waals surface area contributed by atoms with Crippen molar-refractivity contribution < 1.29 is 9.84 Å². The molecule has 1 aliphatic heterocycles. The van der Waals surface area contributed by atoms with Gasteiger partial charge in [0.15, 0.2) is 0 Å². The molecule has 0 aliphatic carbocycles. The second kappa shape index (κ2) is 4.23. The van der Waals surface area contributed by atoms with Gasteiger partial charge in [0.05, 0.1) is 6.10 Å². The molecule has 1 aromatic heterocycles. The molecule has 1 fully saturated rings. The van der Waals surface area contributed by atoms with E-state index in [1.54, 1.807) is 12.1 Å². The lowest BCUT2D eigenvalue weighted by molar-refractivity contribution is -0.0176. The van der Waals surface area contributed by atoms with Gasteiger partial charge in [0.25, 0.3) is 0 Å². The van der Waals surface area contributed by atoms with Gasteiger partial charge in [0.2, 0.25) is 0 Å². The third-order valence-corrected chi connectivity index (χ3v) is 2.92. The molecule has 0 radical (unpaired) electrons. The number of nitrogens with zero attached hydrogens (tertiary/aromatic N) is 2. The first-order valence-corrected chi connectivity index (χ1v) is 5.27. The molecule has 6 heteroatoms. The van der Waals surface area contributed by atoms with Crippen molar-refractivity contribution in [2.45, 2.75) is 25.0 Å². The lowest BCUT2D eigenvalue weighted by atomic mass is 9.97. The fourth-order valence-electron chi connectivity index (χ4n) is 1.68. The van der Waals surface area contributed by atoms with E-state index >= 15 is 0 Å². The van der Waals surface area contributed by atoms with Crippen molar-refractivity contribution in [2.75, 3.05) is 24.2 Å². The van der Waals surface area contributed by atoms with E-state index in [-0.39, 0.29) is 6.10 Å². The molecule has 0 saturated carbocycles. The predicted molar refractivity (Wildman–Crippen MR) is 59.9 cm³/mol. The summed E-state index contributed by atoms with van der Waals surface area (Å²) < 4.78 is 5.33. The van der Waals surface area contributed by atoms with Crippen LogP contribution in [0.5, 0.6) is 0 Å². The second-order valence-electron chi connectivity index (χ2n) is 4.06. The van der Waals surface area contributed by atoms with Crippen LogP contribution in [0, 0.1) is 0 Å². The predicted octanol–water partition coefficient (Wildman–Crippen LogP) is 0.0106. The number of ether oxygens (including phenoxy) is 1. The summed E-state index contributed by atoms with van der Waals surface area (Å²) in [5.41, 5.74) is 4.59. The van der Waals surface area contributed by atoms with E-state index in [0.717, 1.165) is 0 Å². The highest BCUT2D eigenvalue weighted by atomic mass is 16.5. The Hall–Kier alpha value is -1.40.